The molecule has 2 amide bonds. The number of benzene rings is 2. The van der Waals surface area contributed by atoms with Gasteiger partial charge in [0.05, 0.1) is 18.2 Å². The Bertz CT molecular complexity index is 919. The second-order valence-electron chi connectivity index (χ2n) is 7.71. The van der Waals surface area contributed by atoms with Crippen molar-refractivity contribution in [2.24, 2.45) is 0 Å². The van der Waals surface area contributed by atoms with Crippen molar-refractivity contribution >= 4 is 11.8 Å². The number of ether oxygens (including phenoxy) is 1. The molecule has 0 aromatic heterocycles. The summed E-state index contributed by atoms with van der Waals surface area (Å²) in [6.45, 7) is 3.38. The molecule has 0 unspecified atom stereocenters. The van der Waals surface area contributed by atoms with E-state index in [1.807, 2.05) is 29.2 Å². The highest BCUT2D eigenvalue weighted by Gasteiger charge is 2.36. The van der Waals surface area contributed by atoms with Crippen LogP contribution in [0.1, 0.15) is 44.7 Å². The first-order chi connectivity index (χ1) is 14.1. The SMILES string of the molecule is CNC(=O)c1cccc2c1C(=O)N(C1CCN(Cc3cccc(OC)c3)CC1)C2. The van der Waals surface area contributed by atoms with Gasteiger partial charge in [-0.3, -0.25) is 14.5 Å². The number of amides is 2. The van der Waals surface area contributed by atoms with Crippen molar-refractivity contribution in [3.8, 4) is 5.75 Å². The highest BCUT2D eigenvalue weighted by Crippen LogP contribution is 2.31. The van der Waals surface area contributed by atoms with Crippen LogP contribution in [0.2, 0.25) is 0 Å². The minimum atomic E-state index is -0.204. The molecule has 6 nitrogen and oxygen atoms in total. The molecule has 152 valence electrons. The molecule has 0 saturated carbocycles. The van der Waals surface area contributed by atoms with Crippen LogP contribution in [-0.4, -0.2) is 54.9 Å². The third kappa shape index (κ3) is 3.85. The molecule has 0 radical (unpaired) electrons. The molecular formula is C23H27N3O3. The molecule has 0 bridgehead atoms. The number of piperidine rings is 1. The number of carbonyl (C=O) groups excluding carboxylic acids is 2. The Labute approximate surface area is 171 Å². The summed E-state index contributed by atoms with van der Waals surface area (Å²) in [5.74, 6) is 0.667. The van der Waals surface area contributed by atoms with E-state index >= 15 is 0 Å². The maximum Gasteiger partial charge on any atom is 0.255 e. The van der Waals surface area contributed by atoms with Gasteiger partial charge in [0.25, 0.3) is 11.8 Å². The number of hydrogen-bond acceptors (Lipinski definition) is 4. The van der Waals surface area contributed by atoms with Crippen molar-refractivity contribution in [2.75, 3.05) is 27.2 Å². The number of nitrogens with zero attached hydrogens (tertiary/aromatic N) is 2. The summed E-state index contributed by atoms with van der Waals surface area (Å²) >= 11 is 0. The fraction of sp³-hybridized carbons (Fsp3) is 0.391. The average Bonchev–Trinajstić information content (AvgIpc) is 3.10. The van der Waals surface area contributed by atoms with Crippen molar-refractivity contribution in [1.29, 1.82) is 0 Å². The van der Waals surface area contributed by atoms with Crippen LogP contribution in [0.5, 0.6) is 5.75 Å². The maximum atomic E-state index is 13.1. The Morgan fingerprint density at radius 3 is 2.66 bits per heavy atom. The van der Waals surface area contributed by atoms with Crippen molar-refractivity contribution in [2.45, 2.75) is 32.0 Å². The number of rotatable bonds is 5. The molecule has 1 saturated heterocycles. The van der Waals surface area contributed by atoms with Crippen LogP contribution in [0.4, 0.5) is 0 Å². The third-order valence-electron chi connectivity index (χ3n) is 5.98. The molecular weight excluding hydrogens is 366 g/mol. The summed E-state index contributed by atoms with van der Waals surface area (Å²) in [6, 6.07) is 13.9. The quantitative estimate of drug-likeness (QED) is 0.848. The summed E-state index contributed by atoms with van der Waals surface area (Å²) in [5, 5.41) is 2.64. The summed E-state index contributed by atoms with van der Waals surface area (Å²) in [4.78, 5) is 29.6. The molecule has 2 aliphatic rings. The molecule has 0 spiro atoms. The first-order valence-corrected chi connectivity index (χ1v) is 10.1. The maximum absolute atomic E-state index is 13.1. The second-order valence-corrected chi connectivity index (χ2v) is 7.71. The monoisotopic (exact) mass is 393 g/mol. The number of fused-ring (bicyclic) bond motifs is 1. The minimum absolute atomic E-state index is 0.00885. The van der Waals surface area contributed by atoms with Crippen LogP contribution in [-0.2, 0) is 13.1 Å². The van der Waals surface area contributed by atoms with Gasteiger partial charge < -0.3 is 15.0 Å². The Hall–Kier alpha value is -2.86. The standard InChI is InChI=1S/C23H27N3O3/c1-24-22(27)20-8-4-6-17-15-26(23(28)21(17)20)18-9-11-25(12-10-18)14-16-5-3-7-19(13-16)29-2/h3-8,13,18H,9-12,14-15H2,1-2H3,(H,24,27). The van der Waals surface area contributed by atoms with E-state index in [4.69, 9.17) is 4.74 Å². The van der Waals surface area contributed by atoms with Gasteiger partial charge in [0.15, 0.2) is 0 Å². The summed E-state index contributed by atoms with van der Waals surface area (Å²) in [5.41, 5.74) is 3.25. The van der Waals surface area contributed by atoms with E-state index in [-0.39, 0.29) is 17.9 Å². The van der Waals surface area contributed by atoms with Gasteiger partial charge in [-0.05, 0) is 42.2 Å². The first kappa shape index (κ1) is 19.5. The molecule has 0 atom stereocenters. The molecule has 2 aromatic rings. The zero-order chi connectivity index (χ0) is 20.4. The number of nitrogens with one attached hydrogen (secondary N) is 1. The fourth-order valence-corrected chi connectivity index (χ4v) is 4.42. The minimum Gasteiger partial charge on any atom is -0.497 e. The summed E-state index contributed by atoms with van der Waals surface area (Å²) in [7, 11) is 3.28. The zero-order valence-corrected chi connectivity index (χ0v) is 17.0. The van der Waals surface area contributed by atoms with Gasteiger partial charge in [-0.25, -0.2) is 0 Å². The number of hydrogen-bond donors (Lipinski definition) is 1. The molecule has 29 heavy (non-hydrogen) atoms. The number of carbonyl (C=O) groups is 2. The normalized spacial score (nSPS) is 17.3. The lowest BCUT2D eigenvalue weighted by Crippen LogP contribution is -2.44. The highest BCUT2D eigenvalue weighted by atomic mass is 16.5. The predicted molar refractivity (Wildman–Crippen MR) is 111 cm³/mol. The molecule has 2 aromatic carbocycles. The van der Waals surface area contributed by atoms with Crippen LogP contribution in [0.25, 0.3) is 0 Å². The number of likely N-dealkylation sites (tertiary alicyclic amines) is 1. The Morgan fingerprint density at radius 1 is 1.17 bits per heavy atom. The van der Waals surface area contributed by atoms with Gasteiger partial charge in [-0.2, -0.15) is 0 Å². The lowest BCUT2D eigenvalue weighted by molar-refractivity contribution is 0.0588. The van der Waals surface area contributed by atoms with E-state index in [1.54, 1.807) is 20.2 Å². The van der Waals surface area contributed by atoms with Gasteiger partial charge in [-0.15, -0.1) is 0 Å². The van der Waals surface area contributed by atoms with Crippen molar-refractivity contribution < 1.29 is 14.3 Å². The molecule has 4 rings (SSSR count). The largest absolute Gasteiger partial charge is 0.497 e. The second kappa shape index (κ2) is 8.25. The van der Waals surface area contributed by atoms with Crippen molar-refractivity contribution in [1.82, 2.24) is 15.1 Å². The van der Waals surface area contributed by atoms with Crippen LogP contribution in [0, 0.1) is 0 Å². The zero-order valence-electron chi connectivity index (χ0n) is 17.0. The van der Waals surface area contributed by atoms with Crippen LogP contribution in [0.3, 0.4) is 0 Å². The van der Waals surface area contributed by atoms with E-state index in [1.165, 1.54) is 5.56 Å². The van der Waals surface area contributed by atoms with E-state index in [2.05, 4.69) is 22.3 Å². The van der Waals surface area contributed by atoms with E-state index in [0.29, 0.717) is 17.7 Å². The average molecular weight is 393 g/mol. The fourth-order valence-electron chi connectivity index (χ4n) is 4.42. The molecule has 2 heterocycles. The van der Waals surface area contributed by atoms with Crippen molar-refractivity contribution in [3.63, 3.8) is 0 Å². The Kier molecular flexibility index (Phi) is 5.53. The van der Waals surface area contributed by atoms with Crippen LogP contribution >= 0.6 is 0 Å². The van der Waals surface area contributed by atoms with Gasteiger partial charge in [0.2, 0.25) is 0 Å². The van der Waals surface area contributed by atoms with E-state index < -0.39 is 0 Å². The lowest BCUT2D eigenvalue weighted by atomic mass is 10.0. The lowest BCUT2D eigenvalue weighted by Gasteiger charge is -2.36. The van der Waals surface area contributed by atoms with Gasteiger partial charge in [-0.1, -0.05) is 24.3 Å². The Morgan fingerprint density at radius 2 is 1.93 bits per heavy atom. The molecule has 1 N–H and O–H groups in total. The molecule has 1 fully saturated rings. The smallest absolute Gasteiger partial charge is 0.255 e. The van der Waals surface area contributed by atoms with Crippen molar-refractivity contribution in [3.05, 3.63) is 64.7 Å². The predicted octanol–water partition coefficient (Wildman–Crippen LogP) is 2.68. The molecule has 2 aliphatic heterocycles. The Balaban J connectivity index is 1.40. The molecule has 0 aliphatic carbocycles. The van der Waals surface area contributed by atoms with Crippen LogP contribution in [0.15, 0.2) is 42.5 Å². The first-order valence-electron chi connectivity index (χ1n) is 10.1. The van der Waals surface area contributed by atoms with Gasteiger partial charge in [0.1, 0.15) is 5.75 Å². The van der Waals surface area contributed by atoms with Gasteiger partial charge >= 0.3 is 0 Å². The molecule has 6 heteroatoms. The van der Waals surface area contributed by atoms with Gasteiger partial charge in [0, 0.05) is 39.3 Å². The van der Waals surface area contributed by atoms with E-state index in [9.17, 15) is 9.59 Å². The summed E-state index contributed by atoms with van der Waals surface area (Å²) < 4.78 is 5.31. The third-order valence-corrected chi connectivity index (χ3v) is 5.98. The topological polar surface area (TPSA) is 61.9 Å². The van der Waals surface area contributed by atoms with Crippen LogP contribution < -0.4 is 10.1 Å². The summed E-state index contributed by atoms with van der Waals surface area (Å²) in [6.07, 6.45) is 1.89. The van der Waals surface area contributed by atoms with E-state index in [0.717, 1.165) is 43.8 Å². The highest BCUT2D eigenvalue weighted by molar-refractivity contribution is 6.09. The number of methoxy groups -OCH3 is 1.